The van der Waals surface area contributed by atoms with Crippen molar-refractivity contribution in [2.24, 2.45) is 7.05 Å². The maximum absolute atomic E-state index is 11.6. The summed E-state index contributed by atoms with van der Waals surface area (Å²) < 4.78 is 1.63. The fraction of sp³-hybridized carbons (Fsp3) is 0.231. The van der Waals surface area contributed by atoms with Gasteiger partial charge in [-0.25, -0.2) is 4.79 Å². The lowest BCUT2D eigenvalue weighted by Gasteiger charge is -2.06. The minimum absolute atomic E-state index is 0.263. The van der Waals surface area contributed by atoms with Crippen LogP contribution < -0.4 is 10.6 Å². The van der Waals surface area contributed by atoms with Crippen LogP contribution in [0, 0.1) is 0 Å². The van der Waals surface area contributed by atoms with Crippen LogP contribution >= 0.6 is 11.6 Å². The van der Waals surface area contributed by atoms with E-state index in [0.717, 1.165) is 12.0 Å². The zero-order chi connectivity index (χ0) is 13.7. The van der Waals surface area contributed by atoms with E-state index < -0.39 is 0 Å². The number of hydrogen-bond acceptors (Lipinski definition) is 2. The molecule has 0 bridgehead atoms. The van der Waals surface area contributed by atoms with E-state index >= 15 is 0 Å². The molecule has 0 saturated carbocycles. The molecule has 1 heterocycles. The second-order valence-electron chi connectivity index (χ2n) is 4.14. The second kappa shape index (κ2) is 6.24. The monoisotopic (exact) mass is 278 g/mol. The maximum atomic E-state index is 11.6. The molecule has 0 unspecified atom stereocenters. The molecule has 0 radical (unpaired) electrons. The molecule has 5 nitrogen and oxygen atoms in total. The van der Waals surface area contributed by atoms with Gasteiger partial charge in [0, 0.05) is 30.9 Å². The maximum Gasteiger partial charge on any atom is 0.320 e. The first-order chi connectivity index (χ1) is 9.13. The van der Waals surface area contributed by atoms with Crippen LogP contribution in [0.25, 0.3) is 0 Å². The number of nitrogens with zero attached hydrogens (tertiary/aromatic N) is 2. The molecule has 0 atom stereocenters. The molecule has 0 aliphatic heterocycles. The molecule has 2 N–H and O–H groups in total. The van der Waals surface area contributed by atoms with E-state index in [-0.39, 0.29) is 6.03 Å². The zero-order valence-electron chi connectivity index (χ0n) is 10.6. The van der Waals surface area contributed by atoms with Crippen LogP contribution in [0.3, 0.4) is 0 Å². The van der Waals surface area contributed by atoms with Crippen LogP contribution in [-0.2, 0) is 13.5 Å². The van der Waals surface area contributed by atoms with Gasteiger partial charge < -0.3 is 5.32 Å². The van der Waals surface area contributed by atoms with Crippen molar-refractivity contribution in [3.05, 3.63) is 47.1 Å². The van der Waals surface area contributed by atoms with Gasteiger partial charge in [-0.2, -0.15) is 5.10 Å². The summed E-state index contributed by atoms with van der Waals surface area (Å²) in [5, 5.41) is 10.2. The second-order valence-corrected chi connectivity index (χ2v) is 4.57. The number of anilines is 1. The third kappa shape index (κ3) is 4.30. The Bertz CT molecular complexity index is 567. The zero-order valence-corrected chi connectivity index (χ0v) is 11.3. The Morgan fingerprint density at radius 1 is 1.42 bits per heavy atom. The van der Waals surface area contributed by atoms with Crippen LogP contribution in [0.15, 0.2) is 36.5 Å². The standard InChI is InChI=1S/C13H15ClN4O/c1-18-8-6-12(17-18)16-13(19)15-7-5-10-3-2-4-11(14)9-10/h2-4,6,8-9H,5,7H2,1H3,(H2,15,16,17,19). The fourth-order valence-electron chi connectivity index (χ4n) is 1.66. The molecule has 100 valence electrons. The minimum Gasteiger partial charge on any atom is -0.337 e. The van der Waals surface area contributed by atoms with E-state index in [9.17, 15) is 4.79 Å². The first kappa shape index (κ1) is 13.4. The van der Waals surface area contributed by atoms with Crippen molar-refractivity contribution in [2.75, 3.05) is 11.9 Å². The van der Waals surface area contributed by atoms with Gasteiger partial charge in [0.25, 0.3) is 0 Å². The molecule has 0 aliphatic rings. The van der Waals surface area contributed by atoms with Crippen LogP contribution in [0.4, 0.5) is 10.6 Å². The highest BCUT2D eigenvalue weighted by Crippen LogP contribution is 2.10. The Hall–Kier alpha value is -2.01. The van der Waals surface area contributed by atoms with Crippen molar-refractivity contribution in [1.29, 1.82) is 0 Å². The molecular weight excluding hydrogens is 264 g/mol. The normalized spacial score (nSPS) is 10.2. The number of carbonyl (C=O) groups excluding carboxylic acids is 1. The Kier molecular flexibility index (Phi) is 4.41. The van der Waals surface area contributed by atoms with E-state index in [1.54, 1.807) is 24.0 Å². The highest BCUT2D eigenvalue weighted by molar-refractivity contribution is 6.30. The largest absolute Gasteiger partial charge is 0.337 e. The Labute approximate surface area is 116 Å². The van der Waals surface area contributed by atoms with Gasteiger partial charge in [0.15, 0.2) is 5.82 Å². The average molecular weight is 279 g/mol. The molecular formula is C13H15ClN4O. The average Bonchev–Trinajstić information content (AvgIpc) is 2.75. The Morgan fingerprint density at radius 2 is 2.26 bits per heavy atom. The lowest BCUT2D eigenvalue weighted by atomic mass is 10.1. The van der Waals surface area contributed by atoms with Gasteiger partial charge in [0.1, 0.15) is 0 Å². The smallest absolute Gasteiger partial charge is 0.320 e. The van der Waals surface area contributed by atoms with Gasteiger partial charge in [-0.05, 0) is 24.1 Å². The van der Waals surface area contributed by atoms with Gasteiger partial charge in [-0.15, -0.1) is 0 Å². The number of urea groups is 1. The lowest BCUT2D eigenvalue weighted by Crippen LogP contribution is -2.30. The number of rotatable bonds is 4. The first-order valence-corrected chi connectivity index (χ1v) is 6.30. The summed E-state index contributed by atoms with van der Waals surface area (Å²) >= 11 is 5.89. The number of aryl methyl sites for hydroxylation is 1. The molecule has 0 spiro atoms. The molecule has 1 aromatic carbocycles. The van der Waals surface area contributed by atoms with Crippen LogP contribution in [0.5, 0.6) is 0 Å². The number of amides is 2. The van der Waals surface area contributed by atoms with Crippen molar-refractivity contribution >= 4 is 23.4 Å². The molecule has 0 aliphatic carbocycles. The molecule has 2 amide bonds. The molecule has 6 heteroatoms. The summed E-state index contributed by atoms with van der Waals surface area (Å²) in [6, 6.07) is 9.05. The van der Waals surface area contributed by atoms with Crippen LogP contribution in [-0.4, -0.2) is 22.4 Å². The van der Waals surface area contributed by atoms with E-state index in [1.165, 1.54) is 0 Å². The summed E-state index contributed by atoms with van der Waals surface area (Å²) in [7, 11) is 1.79. The van der Waals surface area contributed by atoms with Crippen molar-refractivity contribution < 1.29 is 4.79 Å². The Morgan fingerprint density at radius 3 is 2.95 bits per heavy atom. The van der Waals surface area contributed by atoms with E-state index in [1.807, 2.05) is 24.3 Å². The van der Waals surface area contributed by atoms with Crippen LogP contribution in [0.1, 0.15) is 5.56 Å². The van der Waals surface area contributed by atoms with Gasteiger partial charge in [0.2, 0.25) is 0 Å². The summed E-state index contributed by atoms with van der Waals surface area (Å²) in [5.41, 5.74) is 1.09. The number of nitrogens with one attached hydrogen (secondary N) is 2. The lowest BCUT2D eigenvalue weighted by molar-refractivity contribution is 0.252. The highest BCUT2D eigenvalue weighted by atomic mass is 35.5. The summed E-state index contributed by atoms with van der Waals surface area (Å²) in [5.74, 6) is 0.530. The highest BCUT2D eigenvalue weighted by Gasteiger charge is 2.03. The van der Waals surface area contributed by atoms with Gasteiger partial charge in [0.05, 0.1) is 0 Å². The topological polar surface area (TPSA) is 59.0 Å². The Balaban J connectivity index is 1.75. The molecule has 2 aromatic rings. The van der Waals surface area contributed by atoms with E-state index in [2.05, 4.69) is 15.7 Å². The number of carbonyl (C=O) groups is 1. The summed E-state index contributed by atoms with van der Waals surface area (Å²) in [4.78, 5) is 11.6. The number of hydrogen-bond donors (Lipinski definition) is 2. The number of aromatic nitrogens is 2. The molecule has 0 saturated heterocycles. The van der Waals surface area contributed by atoms with Crippen molar-refractivity contribution in [2.45, 2.75) is 6.42 Å². The summed E-state index contributed by atoms with van der Waals surface area (Å²) in [6.45, 7) is 0.541. The van der Waals surface area contributed by atoms with Crippen molar-refractivity contribution in [3.63, 3.8) is 0 Å². The third-order valence-corrected chi connectivity index (χ3v) is 2.78. The van der Waals surface area contributed by atoms with Crippen molar-refractivity contribution in [1.82, 2.24) is 15.1 Å². The van der Waals surface area contributed by atoms with E-state index in [0.29, 0.717) is 17.4 Å². The quantitative estimate of drug-likeness (QED) is 0.902. The minimum atomic E-state index is -0.263. The predicted octanol–water partition coefficient (Wildman–Crippen LogP) is 2.44. The summed E-state index contributed by atoms with van der Waals surface area (Å²) in [6.07, 6.45) is 2.50. The molecule has 2 rings (SSSR count). The first-order valence-electron chi connectivity index (χ1n) is 5.92. The van der Waals surface area contributed by atoms with Crippen LogP contribution in [0.2, 0.25) is 5.02 Å². The molecule has 1 aromatic heterocycles. The van der Waals surface area contributed by atoms with Gasteiger partial charge in [-0.1, -0.05) is 23.7 Å². The number of halogens is 1. The fourth-order valence-corrected chi connectivity index (χ4v) is 1.87. The molecule has 0 fully saturated rings. The SMILES string of the molecule is Cn1ccc(NC(=O)NCCc2cccc(Cl)c2)n1. The third-order valence-electron chi connectivity index (χ3n) is 2.54. The molecule has 19 heavy (non-hydrogen) atoms. The number of benzene rings is 1. The van der Waals surface area contributed by atoms with Crippen molar-refractivity contribution in [3.8, 4) is 0 Å². The van der Waals surface area contributed by atoms with E-state index in [4.69, 9.17) is 11.6 Å². The van der Waals surface area contributed by atoms with Gasteiger partial charge in [-0.3, -0.25) is 10.00 Å². The van der Waals surface area contributed by atoms with Gasteiger partial charge >= 0.3 is 6.03 Å². The predicted molar refractivity (Wildman–Crippen MR) is 75.4 cm³/mol.